The lowest BCUT2D eigenvalue weighted by atomic mass is 9.88. The second kappa shape index (κ2) is 7.61. The summed E-state index contributed by atoms with van der Waals surface area (Å²) in [7, 11) is 0. The average Bonchev–Trinajstić information content (AvgIpc) is 2.52. The van der Waals surface area contributed by atoms with Gasteiger partial charge >= 0.3 is 0 Å². The zero-order chi connectivity index (χ0) is 15.9. The molecule has 0 heterocycles. The molecule has 2 rings (SSSR count). The van der Waals surface area contributed by atoms with Crippen LogP contribution in [0.5, 0.6) is 0 Å². The summed E-state index contributed by atoms with van der Waals surface area (Å²) in [6, 6.07) is 20.9. The first-order valence-corrected chi connectivity index (χ1v) is 7.77. The minimum absolute atomic E-state index is 0.437. The Hall–Kier alpha value is -2.34. The third-order valence-electron chi connectivity index (χ3n) is 3.63. The minimum Gasteiger partial charge on any atom is -0.0955 e. The van der Waals surface area contributed by atoms with Gasteiger partial charge in [-0.25, -0.2) is 0 Å². The van der Waals surface area contributed by atoms with E-state index >= 15 is 0 Å². The van der Waals surface area contributed by atoms with E-state index in [9.17, 15) is 0 Å². The fraction of sp³-hybridized carbons (Fsp3) is 0.182. The Morgan fingerprint density at radius 2 is 1.27 bits per heavy atom. The van der Waals surface area contributed by atoms with Gasteiger partial charge in [-0.05, 0) is 41.2 Å². The molecule has 0 saturated heterocycles. The molecule has 0 aromatic heterocycles. The Bertz CT molecular complexity index is 670. The van der Waals surface area contributed by atoms with Crippen LogP contribution in [0, 0.1) is 5.92 Å². The molecule has 2 aromatic rings. The first-order chi connectivity index (χ1) is 10.6. The van der Waals surface area contributed by atoms with Crippen molar-refractivity contribution in [2.75, 3.05) is 0 Å². The fourth-order valence-corrected chi connectivity index (χ4v) is 2.45. The van der Waals surface area contributed by atoms with Crippen molar-refractivity contribution in [1.29, 1.82) is 0 Å². The highest BCUT2D eigenvalue weighted by molar-refractivity contribution is 5.71. The van der Waals surface area contributed by atoms with Gasteiger partial charge in [-0.1, -0.05) is 92.7 Å². The summed E-state index contributed by atoms with van der Waals surface area (Å²) in [6.45, 7) is 10.7. The molecular weight excluding hydrogens is 264 g/mol. The van der Waals surface area contributed by atoms with Crippen molar-refractivity contribution in [2.24, 2.45) is 5.92 Å². The van der Waals surface area contributed by atoms with Gasteiger partial charge in [0.2, 0.25) is 0 Å². The molecule has 0 atom stereocenters. The van der Waals surface area contributed by atoms with Crippen LogP contribution in [0.25, 0.3) is 12.2 Å². The van der Waals surface area contributed by atoms with Crippen molar-refractivity contribution < 1.29 is 0 Å². The summed E-state index contributed by atoms with van der Waals surface area (Å²) in [4.78, 5) is 0. The van der Waals surface area contributed by atoms with Crippen molar-refractivity contribution in [2.45, 2.75) is 20.8 Å². The molecule has 22 heavy (non-hydrogen) atoms. The number of hydrogen-bond donors (Lipinski definition) is 0. The van der Waals surface area contributed by atoms with Gasteiger partial charge in [0.05, 0.1) is 0 Å². The maximum Gasteiger partial charge on any atom is -0.0192 e. The third kappa shape index (κ3) is 4.33. The first-order valence-electron chi connectivity index (χ1n) is 7.77. The number of allylic oxidation sites excluding steroid dienone is 3. The largest absolute Gasteiger partial charge is 0.0955 e. The van der Waals surface area contributed by atoms with Gasteiger partial charge in [0.15, 0.2) is 0 Å². The molecule has 0 bridgehead atoms. The maximum absolute atomic E-state index is 4.19. The molecule has 0 aliphatic carbocycles. The molecule has 0 unspecified atom stereocenters. The summed E-state index contributed by atoms with van der Waals surface area (Å²) >= 11 is 0. The topological polar surface area (TPSA) is 0 Å². The SMILES string of the molecule is C=C(C)C(=C/c1ccccc1)/C(=C/c1ccccc1)C(C)C. The molecule has 0 heteroatoms. The molecule has 0 aliphatic rings. The standard InChI is InChI=1S/C22H24/c1-17(2)21(15-19-11-7-5-8-12-19)22(18(3)4)16-20-13-9-6-10-14-20/h5-16,18H,1H2,2-4H3/b21-15-,22-16+. The van der Waals surface area contributed by atoms with E-state index in [1.807, 2.05) is 12.1 Å². The fourth-order valence-electron chi connectivity index (χ4n) is 2.45. The molecular formula is C22H24. The van der Waals surface area contributed by atoms with E-state index in [1.165, 1.54) is 22.3 Å². The van der Waals surface area contributed by atoms with Crippen LogP contribution in [0.3, 0.4) is 0 Å². The van der Waals surface area contributed by atoms with Crippen molar-refractivity contribution in [1.82, 2.24) is 0 Å². The van der Waals surface area contributed by atoms with Crippen molar-refractivity contribution in [3.63, 3.8) is 0 Å². The van der Waals surface area contributed by atoms with E-state index in [4.69, 9.17) is 0 Å². The predicted octanol–water partition coefficient (Wildman–Crippen LogP) is 6.39. The second-order valence-corrected chi connectivity index (χ2v) is 5.91. The van der Waals surface area contributed by atoms with Crippen molar-refractivity contribution in [3.05, 3.63) is 95.1 Å². The highest BCUT2D eigenvalue weighted by Crippen LogP contribution is 2.29. The predicted molar refractivity (Wildman–Crippen MR) is 98.5 cm³/mol. The van der Waals surface area contributed by atoms with Gasteiger partial charge in [0, 0.05) is 0 Å². The van der Waals surface area contributed by atoms with Crippen LogP contribution in [-0.4, -0.2) is 0 Å². The molecule has 0 saturated carbocycles. The lowest BCUT2D eigenvalue weighted by Gasteiger charge is -2.17. The smallest absolute Gasteiger partial charge is 0.0192 e. The van der Waals surface area contributed by atoms with E-state index in [2.05, 4.69) is 88.0 Å². The van der Waals surface area contributed by atoms with Crippen molar-refractivity contribution in [3.8, 4) is 0 Å². The zero-order valence-corrected chi connectivity index (χ0v) is 13.7. The van der Waals surface area contributed by atoms with E-state index in [1.54, 1.807) is 0 Å². The summed E-state index contributed by atoms with van der Waals surface area (Å²) in [5.74, 6) is 0.437. The van der Waals surface area contributed by atoms with Gasteiger partial charge in [-0.3, -0.25) is 0 Å². The van der Waals surface area contributed by atoms with Gasteiger partial charge in [-0.2, -0.15) is 0 Å². The molecule has 0 N–H and O–H groups in total. The van der Waals surface area contributed by atoms with Gasteiger partial charge in [-0.15, -0.1) is 0 Å². The Kier molecular flexibility index (Phi) is 5.55. The van der Waals surface area contributed by atoms with E-state index < -0.39 is 0 Å². The van der Waals surface area contributed by atoms with Crippen LogP contribution in [0.2, 0.25) is 0 Å². The van der Waals surface area contributed by atoms with Gasteiger partial charge in [0.1, 0.15) is 0 Å². The number of rotatable bonds is 5. The number of benzene rings is 2. The molecule has 112 valence electrons. The second-order valence-electron chi connectivity index (χ2n) is 5.91. The van der Waals surface area contributed by atoms with Crippen LogP contribution >= 0.6 is 0 Å². The summed E-state index contributed by atoms with van der Waals surface area (Å²) in [5, 5.41) is 0. The lowest BCUT2D eigenvalue weighted by Crippen LogP contribution is -2.00. The normalized spacial score (nSPS) is 12.5. The van der Waals surface area contributed by atoms with Crippen molar-refractivity contribution >= 4 is 12.2 Å². The van der Waals surface area contributed by atoms with Crippen LogP contribution in [0.1, 0.15) is 31.9 Å². The molecule has 0 nitrogen and oxygen atoms in total. The monoisotopic (exact) mass is 288 g/mol. The maximum atomic E-state index is 4.19. The van der Waals surface area contributed by atoms with E-state index in [0.29, 0.717) is 5.92 Å². The summed E-state index contributed by atoms with van der Waals surface area (Å²) in [5.41, 5.74) is 6.08. The molecule has 0 radical (unpaired) electrons. The summed E-state index contributed by atoms with van der Waals surface area (Å²) in [6.07, 6.45) is 4.51. The molecule has 0 fully saturated rings. The third-order valence-corrected chi connectivity index (χ3v) is 3.63. The molecule has 2 aromatic carbocycles. The van der Waals surface area contributed by atoms with Gasteiger partial charge < -0.3 is 0 Å². The Morgan fingerprint density at radius 1 is 0.818 bits per heavy atom. The Morgan fingerprint density at radius 3 is 1.68 bits per heavy atom. The van der Waals surface area contributed by atoms with Crippen LogP contribution in [0.15, 0.2) is 84.0 Å². The Labute approximate surface area is 134 Å². The number of hydrogen-bond acceptors (Lipinski definition) is 0. The molecule has 0 amide bonds. The van der Waals surface area contributed by atoms with Gasteiger partial charge in [0.25, 0.3) is 0 Å². The minimum atomic E-state index is 0.437. The first kappa shape index (κ1) is 16.0. The summed E-state index contributed by atoms with van der Waals surface area (Å²) < 4.78 is 0. The van der Waals surface area contributed by atoms with E-state index in [-0.39, 0.29) is 0 Å². The van der Waals surface area contributed by atoms with Crippen LogP contribution in [0.4, 0.5) is 0 Å². The highest BCUT2D eigenvalue weighted by Gasteiger charge is 2.11. The zero-order valence-electron chi connectivity index (χ0n) is 13.7. The van der Waals surface area contributed by atoms with Crippen LogP contribution < -0.4 is 0 Å². The lowest BCUT2D eigenvalue weighted by molar-refractivity contribution is 0.787. The average molecular weight is 288 g/mol. The van der Waals surface area contributed by atoms with Crippen LogP contribution in [-0.2, 0) is 0 Å². The quantitative estimate of drug-likeness (QED) is 0.559. The Balaban J connectivity index is 2.50. The van der Waals surface area contributed by atoms with E-state index in [0.717, 1.165) is 5.57 Å². The molecule has 0 aliphatic heterocycles. The molecule has 0 spiro atoms. The highest BCUT2D eigenvalue weighted by atomic mass is 14.2.